The normalized spacial score (nSPS) is 10.7. The third kappa shape index (κ3) is 1.38. The minimum absolute atomic E-state index is 0.813. The first-order valence-corrected chi connectivity index (χ1v) is 4.67. The summed E-state index contributed by atoms with van der Waals surface area (Å²) in [6.45, 7) is 0. The van der Waals surface area contributed by atoms with Crippen LogP contribution in [0.3, 0.4) is 0 Å². The van der Waals surface area contributed by atoms with E-state index in [1.807, 2.05) is 30.3 Å². The van der Waals surface area contributed by atoms with Crippen molar-refractivity contribution < 1.29 is 4.42 Å². The highest BCUT2D eigenvalue weighted by Gasteiger charge is 2.01. The standard InChI is InChI=1S/C12H8N2O/c1-2-12-11(14-8-15-12)7-10(1)9-3-5-13-6-4-9/h1-8H. The highest BCUT2D eigenvalue weighted by Crippen LogP contribution is 2.22. The highest BCUT2D eigenvalue weighted by atomic mass is 16.3. The van der Waals surface area contributed by atoms with Gasteiger partial charge in [-0.3, -0.25) is 4.98 Å². The third-order valence-electron chi connectivity index (χ3n) is 2.34. The quantitative estimate of drug-likeness (QED) is 0.600. The minimum atomic E-state index is 0.813. The van der Waals surface area contributed by atoms with Gasteiger partial charge in [0.15, 0.2) is 12.0 Å². The summed E-state index contributed by atoms with van der Waals surface area (Å²) in [6.07, 6.45) is 5.02. The lowest BCUT2D eigenvalue weighted by molar-refractivity contribution is 0.602. The van der Waals surface area contributed by atoms with Crippen LogP contribution in [0.25, 0.3) is 22.2 Å². The summed E-state index contributed by atoms with van der Waals surface area (Å²) in [5.74, 6) is 0. The van der Waals surface area contributed by atoms with E-state index in [2.05, 4.69) is 9.97 Å². The number of oxazole rings is 1. The summed E-state index contributed by atoms with van der Waals surface area (Å²) in [5.41, 5.74) is 3.95. The lowest BCUT2D eigenvalue weighted by Gasteiger charge is -1.99. The van der Waals surface area contributed by atoms with Crippen molar-refractivity contribution in [2.45, 2.75) is 0 Å². The molecule has 0 aliphatic rings. The second-order valence-corrected chi connectivity index (χ2v) is 3.27. The van der Waals surface area contributed by atoms with Crippen molar-refractivity contribution >= 4 is 11.1 Å². The molecule has 0 N–H and O–H groups in total. The van der Waals surface area contributed by atoms with Gasteiger partial charge in [-0.25, -0.2) is 4.98 Å². The van der Waals surface area contributed by atoms with Crippen LogP contribution in [0.15, 0.2) is 53.5 Å². The molecule has 0 atom stereocenters. The van der Waals surface area contributed by atoms with Crippen LogP contribution in [0.1, 0.15) is 0 Å². The first kappa shape index (κ1) is 8.17. The first-order chi connectivity index (χ1) is 7.43. The molecule has 0 fully saturated rings. The zero-order valence-corrected chi connectivity index (χ0v) is 7.92. The fourth-order valence-corrected chi connectivity index (χ4v) is 1.58. The molecule has 0 amide bonds. The number of nitrogens with zero attached hydrogens (tertiary/aromatic N) is 2. The molecule has 1 aromatic carbocycles. The number of rotatable bonds is 1. The van der Waals surface area contributed by atoms with E-state index in [1.165, 1.54) is 6.39 Å². The third-order valence-corrected chi connectivity index (χ3v) is 2.34. The highest BCUT2D eigenvalue weighted by molar-refractivity contribution is 5.79. The summed E-state index contributed by atoms with van der Waals surface area (Å²) in [5, 5.41) is 0. The fourth-order valence-electron chi connectivity index (χ4n) is 1.58. The Kier molecular flexibility index (Phi) is 1.75. The predicted molar refractivity (Wildman–Crippen MR) is 57.2 cm³/mol. The SMILES string of the molecule is c1cc(-c2ccc3ocnc3c2)ccn1. The maximum atomic E-state index is 5.19. The summed E-state index contributed by atoms with van der Waals surface area (Å²) in [7, 11) is 0. The first-order valence-electron chi connectivity index (χ1n) is 4.67. The largest absolute Gasteiger partial charge is 0.443 e. The van der Waals surface area contributed by atoms with E-state index in [0.717, 1.165) is 22.2 Å². The van der Waals surface area contributed by atoms with Crippen LogP contribution in [0, 0.1) is 0 Å². The van der Waals surface area contributed by atoms with E-state index in [0.29, 0.717) is 0 Å². The van der Waals surface area contributed by atoms with Crippen molar-refractivity contribution in [3.8, 4) is 11.1 Å². The molecule has 3 rings (SSSR count). The van der Waals surface area contributed by atoms with Crippen LogP contribution in [0.5, 0.6) is 0 Å². The van der Waals surface area contributed by atoms with Gasteiger partial charge in [0.25, 0.3) is 0 Å². The van der Waals surface area contributed by atoms with E-state index in [9.17, 15) is 0 Å². The second-order valence-electron chi connectivity index (χ2n) is 3.27. The van der Waals surface area contributed by atoms with E-state index >= 15 is 0 Å². The molecule has 15 heavy (non-hydrogen) atoms. The van der Waals surface area contributed by atoms with Crippen molar-refractivity contribution in [3.05, 3.63) is 49.1 Å². The monoisotopic (exact) mass is 196 g/mol. The van der Waals surface area contributed by atoms with Gasteiger partial charge in [0.1, 0.15) is 5.52 Å². The van der Waals surface area contributed by atoms with Crippen LogP contribution >= 0.6 is 0 Å². The van der Waals surface area contributed by atoms with Crippen molar-refractivity contribution in [1.29, 1.82) is 0 Å². The van der Waals surface area contributed by atoms with E-state index in [4.69, 9.17) is 4.42 Å². The number of pyridine rings is 1. The summed E-state index contributed by atoms with van der Waals surface area (Å²) in [4.78, 5) is 8.11. The fraction of sp³-hybridized carbons (Fsp3) is 0. The van der Waals surface area contributed by atoms with Gasteiger partial charge in [-0.15, -0.1) is 0 Å². The Morgan fingerprint density at radius 1 is 0.933 bits per heavy atom. The molecular formula is C12H8N2O. The molecule has 0 saturated heterocycles. The van der Waals surface area contributed by atoms with Gasteiger partial charge in [0.05, 0.1) is 0 Å². The Hall–Kier alpha value is -2.16. The van der Waals surface area contributed by atoms with E-state index in [-0.39, 0.29) is 0 Å². The van der Waals surface area contributed by atoms with Crippen molar-refractivity contribution in [2.75, 3.05) is 0 Å². The zero-order chi connectivity index (χ0) is 10.1. The average Bonchev–Trinajstić information content (AvgIpc) is 2.77. The summed E-state index contributed by atoms with van der Waals surface area (Å²) < 4.78 is 5.19. The molecule has 0 bridgehead atoms. The van der Waals surface area contributed by atoms with E-state index in [1.54, 1.807) is 12.4 Å². The Labute approximate surface area is 86.4 Å². The molecule has 3 nitrogen and oxygen atoms in total. The van der Waals surface area contributed by atoms with Crippen LogP contribution in [-0.4, -0.2) is 9.97 Å². The van der Waals surface area contributed by atoms with Gasteiger partial charge < -0.3 is 4.42 Å². The Morgan fingerprint density at radius 3 is 2.67 bits per heavy atom. The number of fused-ring (bicyclic) bond motifs is 1. The molecule has 3 aromatic rings. The van der Waals surface area contributed by atoms with Crippen molar-refractivity contribution in [1.82, 2.24) is 9.97 Å². The molecule has 2 heterocycles. The molecule has 0 aliphatic heterocycles. The molecule has 0 spiro atoms. The second kappa shape index (κ2) is 3.20. The van der Waals surface area contributed by atoms with E-state index < -0.39 is 0 Å². The average molecular weight is 196 g/mol. The number of hydrogen-bond donors (Lipinski definition) is 0. The number of aromatic nitrogens is 2. The lowest BCUT2D eigenvalue weighted by atomic mass is 10.1. The molecule has 2 aromatic heterocycles. The molecule has 72 valence electrons. The van der Waals surface area contributed by atoms with Crippen molar-refractivity contribution in [3.63, 3.8) is 0 Å². The number of hydrogen-bond acceptors (Lipinski definition) is 3. The minimum Gasteiger partial charge on any atom is -0.443 e. The van der Waals surface area contributed by atoms with Gasteiger partial charge >= 0.3 is 0 Å². The maximum absolute atomic E-state index is 5.19. The smallest absolute Gasteiger partial charge is 0.181 e. The topological polar surface area (TPSA) is 38.9 Å². The molecule has 3 heteroatoms. The molecule has 0 radical (unpaired) electrons. The van der Waals surface area contributed by atoms with Gasteiger partial charge in [0.2, 0.25) is 0 Å². The van der Waals surface area contributed by atoms with Crippen LogP contribution in [-0.2, 0) is 0 Å². The molecule has 0 aliphatic carbocycles. The van der Waals surface area contributed by atoms with Crippen LogP contribution < -0.4 is 0 Å². The van der Waals surface area contributed by atoms with Gasteiger partial charge in [-0.2, -0.15) is 0 Å². The molecule has 0 saturated carbocycles. The predicted octanol–water partition coefficient (Wildman–Crippen LogP) is 2.89. The van der Waals surface area contributed by atoms with Gasteiger partial charge in [-0.1, -0.05) is 6.07 Å². The molecule has 0 unspecified atom stereocenters. The zero-order valence-electron chi connectivity index (χ0n) is 7.92. The van der Waals surface area contributed by atoms with Gasteiger partial charge in [-0.05, 0) is 35.4 Å². The maximum Gasteiger partial charge on any atom is 0.181 e. The summed E-state index contributed by atoms with van der Waals surface area (Å²) >= 11 is 0. The Balaban J connectivity index is 2.19. The molecular weight excluding hydrogens is 188 g/mol. The van der Waals surface area contributed by atoms with Crippen LogP contribution in [0.2, 0.25) is 0 Å². The Bertz CT molecular complexity index is 587. The van der Waals surface area contributed by atoms with Crippen LogP contribution in [0.4, 0.5) is 0 Å². The van der Waals surface area contributed by atoms with Gasteiger partial charge in [0, 0.05) is 12.4 Å². The number of benzene rings is 1. The lowest BCUT2D eigenvalue weighted by Crippen LogP contribution is -1.78. The van der Waals surface area contributed by atoms with Crippen molar-refractivity contribution in [2.24, 2.45) is 0 Å². The summed E-state index contributed by atoms with van der Waals surface area (Å²) in [6, 6.07) is 9.90. The Morgan fingerprint density at radius 2 is 1.80 bits per heavy atom.